The van der Waals surface area contributed by atoms with Crippen LogP contribution < -0.4 is 10.6 Å². The van der Waals surface area contributed by atoms with Crippen molar-refractivity contribution in [3.63, 3.8) is 0 Å². The quantitative estimate of drug-likeness (QED) is 0.597. The summed E-state index contributed by atoms with van der Waals surface area (Å²) in [6.45, 7) is 3.56. The van der Waals surface area contributed by atoms with Crippen molar-refractivity contribution in [2.75, 3.05) is 6.61 Å². The molecular formula is C27H40N2O4. The number of ether oxygens (including phenoxy) is 1. The summed E-state index contributed by atoms with van der Waals surface area (Å²) in [4.78, 5) is 38.0. The third kappa shape index (κ3) is 3.70. The minimum absolute atomic E-state index is 0.0153. The van der Waals surface area contributed by atoms with Crippen molar-refractivity contribution in [3.05, 3.63) is 0 Å². The SMILES string of the molecule is CC(=O)NC12CC3CC(C1)CC(C(=O)OCC(=O)NC(C)C14CC5CC(CC(C5)C1)C4)(C3)C2. The van der Waals surface area contributed by atoms with Gasteiger partial charge in [-0.15, -0.1) is 0 Å². The summed E-state index contributed by atoms with van der Waals surface area (Å²) in [6, 6.07) is 0.139. The maximum atomic E-state index is 13.3. The van der Waals surface area contributed by atoms with E-state index in [0.29, 0.717) is 18.3 Å². The van der Waals surface area contributed by atoms with Crippen LogP contribution in [-0.4, -0.2) is 36.0 Å². The molecule has 6 nitrogen and oxygen atoms in total. The van der Waals surface area contributed by atoms with Crippen LogP contribution in [0.2, 0.25) is 0 Å². The summed E-state index contributed by atoms with van der Waals surface area (Å²) in [5, 5.41) is 6.42. The Hall–Kier alpha value is -1.59. The van der Waals surface area contributed by atoms with E-state index >= 15 is 0 Å². The van der Waals surface area contributed by atoms with E-state index < -0.39 is 5.41 Å². The van der Waals surface area contributed by atoms with Crippen LogP contribution >= 0.6 is 0 Å². The van der Waals surface area contributed by atoms with Crippen LogP contribution in [0, 0.1) is 40.4 Å². The maximum absolute atomic E-state index is 13.3. The van der Waals surface area contributed by atoms with Gasteiger partial charge >= 0.3 is 5.97 Å². The third-order valence-corrected chi connectivity index (χ3v) is 10.7. The molecule has 33 heavy (non-hydrogen) atoms. The van der Waals surface area contributed by atoms with E-state index in [9.17, 15) is 14.4 Å². The Labute approximate surface area is 197 Å². The zero-order chi connectivity index (χ0) is 23.0. The molecule has 0 radical (unpaired) electrons. The van der Waals surface area contributed by atoms with E-state index in [2.05, 4.69) is 17.6 Å². The Balaban J connectivity index is 1.07. The standard InChI is InChI=1S/C27H40N2O4/c1-16(25-7-18-3-19(8-25)5-20(4-18)9-25)28-23(31)14-33-24(32)26-10-21-6-22(11-26)13-27(12-21,15-26)29-17(2)30/h16,18-22H,3-15H2,1-2H3,(H,28,31)(H,29,30). The van der Waals surface area contributed by atoms with Crippen molar-refractivity contribution in [1.82, 2.24) is 10.6 Å². The number of carbonyl (C=O) groups is 3. The Morgan fingerprint density at radius 1 is 0.848 bits per heavy atom. The molecule has 6 heteroatoms. The van der Waals surface area contributed by atoms with Gasteiger partial charge in [-0.3, -0.25) is 14.4 Å². The van der Waals surface area contributed by atoms with E-state index in [1.807, 2.05) is 0 Å². The number of amides is 2. The van der Waals surface area contributed by atoms with Crippen LogP contribution in [0.15, 0.2) is 0 Å². The molecule has 8 rings (SSSR count). The molecule has 0 heterocycles. The Kier molecular flexibility index (Phi) is 4.95. The molecule has 0 aromatic heterocycles. The molecule has 0 aromatic carbocycles. The topological polar surface area (TPSA) is 84.5 Å². The molecule has 8 aliphatic rings. The van der Waals surface area contributed by atoms with E-state index in [1.165, 1.54) is 38.5 Å². The van der Waals surface area contributed by atoms with E-state index in [4.69, 9.17) is 4.74 Å². The van der Waals surface area contributed by atoms with Crippen molar-refractivity contribution in [3.8, 4) is 0 Å². The summed E-state index contributed by atoms with van der Waals surface area (Å²) in [5.74, 6) is 3.09. The molecule has 3 unspecified atom stereocenters. The highest BCUT2D eigenvalue weighted by Gasteiger charge is 2.61. The molecule has 0 aliphatic heterocycles. The van der Waals surface area contributed by atoms with Gasteiger partial charge in [-0.05, 0) is 119 Å². The largest absolute Gasteiger partial charge is 0.455 e. The first-order chi connectivity index (χ1) is 15.7. The zero-order valence-electron chi connectivity index (χ0n) is 20.3. The van der Waals surface area contributed by atoms with E-state index in [-0.39, 0.29) is 41.4 Å². The second kappa shape index (κ2) is 7.45. The fraction of sp³-hybridized carbons (Fsp3) is 0.889. The molecule has 0 saturated heterocycles. The van der Waals surface area contributed by atoms with Gasteiger partial charge in [0.15, 0.2) is 6.61 Å². The van der Waals surface area contributed by atoms with E-state index in [0.717, 1.165) is 49.9 Å². The van der Waals surface area contributed by atoms with Gasteiger partial charge in [0, 0.05) is 18.5 Å². The third-order valence-electron chi connectivity index (χ3n) is 10.7. The number of hydrogen-bond donors (Lipinski definition) is 2. The molecule has 8 aliphatic carbocycles. The first-order valence-electron chi connectivity index (χ1n) is 13.4. The highest BCUT2D eigenvalue weighted by atomic mass is 16.5. The number of nitrogens with one attached hydrogen (secondary N) is 2. The lowest BCUT2D eigenvalue weighted by Gasteiger charge is -2.60. The number of hydrogen-bond acceptors (Lipinski definition) is 4. The molecule has 8 fully saturated rings. The molecule has 3 atom stereocenters. The Morgan fingerprint density at radius 3 is 1.94 bits per heavy atom. The van der Waals surface area contributed by atoms with Gasteiger partial charge in [0.05, 0.1) is 5.41 Å². The monoisotopic (exact) mass is 456 g/mol. The van der Waals surface area contributed by atoms with Crippen molar-refractivity contribution >= 4 is 17.8 Å². The van der Waals surface area contributed by atoms with Crippen LogP contribution in [-0.2, 0) is 19.1 Å². The van der Waals surface area contributed by atoms with Gasteiger partial charge in [0.25, 0.3) is 5.91 Å². The average molecular weight is 457 g/mol. The summed E-state index contributed by atoms with van der Waals surface area (Å²) < 4.78 is 5.69. The van der Waals surface area contributed by atoms with E-state index in [1.54, 1.807) is 6.92 Å². The van der Waals surface area contributed by atoms with Crippen molar-refractivity contribution in [2.45, 2.75) is 102 Å². The first-order valence-corrected chi connectivity index (χ1v) is 13.4. The molecule has 2 amide bonds. The fourth-order valence-corrected chi connectivity index (χ4v) is 10.4. The maximum Gasteiger partial charge on any atom is 0.312 e. The highest BCUT2D eigenvalue weighted by Crippen LogP contribution is 2.63. The predicted octanol–water partition coefficient (Wildman–Crippen LogP) is 3.73. The normalized spacial score (nSPS) is 47.3. The van der Waals surface area contributed by atoms with Gasteiger partial charge in [0.1, 0.15) is 0 Å². The molecule has 2 N–H and O–H groups in total. The number of rotatable bonds is 6. The Bertz CT molecular complexity index is 817. The lowest BCUT2D eigenvalue weighted by atomic mass is 9.47. The molecule has 0 spiro atoms. The smallest absolute Gasteiger partial charge is 0.312 e. The second-order valence-electron chi connectivity index (χ2n) is 13.3. The molecule has 8 bridgehead atoms. The van der Waals surface area contributed by atoms with Gasteiger partial charge < -0.3 is 15.4 Å². The molecule has 182 valence electrons. The van der Waals surface area contributed by atoms with Crippen LogP contribution in [0.25, 0.3) is 0 Å². The van der Waals surface area contributed by atoms with Gasteiger partial charge in [-0.25, -0.2) is 0 Å². The zero-order valence-corrected chi connectivity index (χ0v) is 20.3. The van der Waals surface area contributed by atoms with Crippen LogP contribution in [0.1, 0.15) is 90.9 Å². The first kappa shape index (κ1) is 21.9. The Morgan fingerprint density at radius 2 is 1.39 bits per heavy atom. The van der Waals surface area contributed by atoms with Crippen molar-refractivity contribution in [1.29, 1.82) is 0 Å². The summed E-state index contributed by atoms with van der Waals surface area (Å²) in [6.07, 6.45) is 13.4. The molecular weight excluding hydrogens is 416 g/mol. The fourth-order valence-electron chi connectivity index (χ4n) is 10.4. The second-order valence-corrected chi connectivity index (χ2v) is 13.3. The highest BCUT2D eigenvalue weighted by molar-refractivity contribution is 5.83. The van der Waals surface area contributed by atoms with Crippen molar-refractivity contribution in [2.24, 2.45) is 40.4 Å². The summed E-state index contributed by atoms with van der Waals surface area (Å²) in [7, 11) is 0. The summed E-state index contributed by atoms with van der Waals surface area (Å²) in [5.41, 5.74) is -0.540. The van der Waals surface area contributed by atoms with Crippen LogP contribution in [0.5, 0.6) is 0 Å². The average Bonchev–Trinajstić information content (AvgIpc) is 2.69. The van der Waals surface area contributed by atoms with Crippen LogP contribution in [0.4, 0.5) is 0 Å². The number of carbonyl (C=O) groups excluding carboxylic acids is 3. The van der Waals surface area contributed by atoms with Gasteiger partial charge in [-0.1, -0.05) is 0 Å². The van der Waals surface area contributed by atoms with Gasteiger partial charge in [0.2, 0.25) is 5.91 Å². The predicted molar refractivity (Wildman–Crippen MR) is 123 cm³/mol. The lowest BCUT2D eigenvalue weighted by molar-refractivity contribution is -0.177. The van der Waals surface area contributed by atoms with Gasteiger partial charge in [-0.2, -0.15) is 0 Å². The summed E-state index contributed by atoms with van der Waals surface area (Å²) >= 11 is 0. The number of esters is 1. The minimum Gasteiger partial charge on any atom is -0.455 e. The van der Waals surface area contributed by atoms with Crippen molar-refractivity contribution < 1.29 is 19.1 Å². The lowest BCUT2D eigenvalue weighted by Crippen LogP contribution is -2.64. The molecule has 0 aromatic rings. The van der Waals surface area contributed by atoms with Crippen LogP contribution in [0.3, 0.4) is 0 Å². The minimum atomic E-state index is -0.529. The molecule has 8 saturated carbocycles.